The second kappa shape index (κ2) is 9.55. The fourth-order valence-electron chi connectivity index (χ4n) is 4.12. The van der Waals surface area contributed by atoms with E-state index in [0.717, 1.165) is 31.9 Å². The number of benzene rings is 2. The van der Waals surface area contributed by atoms with Gasteiger partial charge in [-0.15, -0.1) is 0 Å². The van der Waals surface area contributed by atoms with Gasteiger partial charge in [-0.05, 0) is 36.4 Å². The molecule has 3 N–H and O–H groups in total. The van der Waals surface area contributed by atoms with Crippen molar-refractivity contribution < 1.29 is 18.5 Å². The van der Waals surface area contributed by atoms with Crippen molar-refractivity contribution in [3.63, 3.8) is 0 Å². The molecular formula is C24H24FN7O3. The van der Waals surface area contributed by atoms with Gasteiger partial charge in [0.2, 0.25) is 5.91 Å². The van der Waals surface area contributed by atoms with Crippen molar-refractivity contribution in [1.29, 1.82) is 0 Å². The third-order valence-electron chi connectivity index (χ3n) is 5.83. The predicted molar refractivity (Wildman–Crippen MR) is 129 cm³/mol. The normalized spacial score (nSPS) is 14.3. The Morgan fingerprint density at radius 3 is 2.69 bits per heavy atom. The SMILES string of the molecule is CC(=O)Nc1ccc2c(NC(=O)c3cc(CN4CCN(c5cccc(F)c5)CC4)on3)n[nH]c2c1. The maximum atomic E-state index is 13.5. The van der Waals surface area contributed by atoms with E-state index in [1.807, 2.05) is 6.07 Å². The molecule has 2 aromatic heterocycles. The Kier molecular flexibility index (Phi) is 6.15. The number of hydrogen-bond donors (Lipinski definition) is 3. The van der Waals surface area contributed by atoms with Gasteiger partial charge < -0.3 is 20.1 Å². The Balaban J connectivity index is 1.18. The fourth-order valence-corrected chi connectivity index (χ4v) is 4.12. The molecule has 1 aliphatic heterocycles. The van der Waals surface area contributed by atoms with E-state index in [0.29, 0.717) is 34.7 Å². The number of H-pyrrole nitrogens is 1. The first-order chi connectivity index (χ1) is 16.9. The van der Waals surface area contributed by atoms with Crippen molar-refractivity contribution in [1.82, 2.24) is 20.3 Å². The summed E-state index contributed by atoms with van der Waals surface area (Å²) < 4.78 is 18.9. The number of halogens is 1. The molecule has 1 saturated heterocycles. The highest BCUT2D eigenvalue weighted by Crippen LogP contribution is 2.24. The average molecular weight is 478 g/mol. The van der Waals surface area contributed by atoms with Crippen molar-refractivity contribution >= 4 is 39.9 Å². The Labute approximate surface area is 200 Å². The van der Waals surface area contributed by atoms with Crippen LogP contribution in [-0.2, 0) is 11.3 Å². The first-order valence-electron chi connectivity index (χ1n) is 11.2. The van der Waals surface area contributed by atoms with E-state index in [-0.39, 0.29) is 17.4 Å². The molecule has 0 atom stereocenters. The first-order valence-corrected chi connectivity index (χ1v) is 11.2. The van der Waals surface area contributed by atoms with E-state index in [4.69, 9.17) is 4.52 Å². The van der Waals surface area contributed by atoms with Crippen molar-refractivity contribution in [2.45, 2.75) is 13.5 Å². The van der Waals surface area contributed by atoms with Gasteiger partial charge in [0.1, 0.15) is 5.82 Å². The lowest BCUT2D eigenvalue weighted by molar-refractivity contribution is -0.114. The Hall–Kier alpha value is -4.25. The summed E-state index contributed by atoms with van der Waals surface area (Å²) in [5.74, 6) is 0.0940. The van der Waals surface area contributed by atoms with Crippen LogP contribution in [0.2, 0.25) is 0 Å². The number of aromatic nitrogens is 3. The Morgan fingerprint density at radius 1 is 1.09 bits per heavy atom. The monoisotopic (exact) mass is 477 g/mol. The topological polar surface area (TPSA) is 119 Å². The molecule has 35 heavy (non-hydrogen) atoms. The predicted octanol–water partition coefficient (Wildman–Crippen LogP) is 3.22. The van der Waals surface area contributed by atoms with Gasteiger partial charge in [-0.2, -0.15) is 5.10 Å². The highest BCUT2D eigenvalue weighted by atomic mass is 19.1. The summed E-state index contributed by atoms with van der Waals surface area (Å²) in [6, 6.07) is 13.5. The van der Waals surface area contributed by atoms with Crippen LogP contribution in [0.3, 0.4) is 0 Å². The summed E-state index contributed by atoms with van der Waals surface area (Å²) in [5, 5.41) is 17.1. The molecule has 0 bridgehead atoms. The van der Waals surface area contributed by atoms with Crippen LogP contribution in [0.4, 0.5) is 21.6 Å². The largest absolute Gasteiger partial charge is 0.369 e. The summed E-state index contributed by atoms with van der Waals surface area (Å²) in [4.78, 5) is 28.3. The number of carbonyl (C=O) groups excluding carboxylic acids is 2. The van der Waals surface area contributed by atoms with Gasteiger partial charge in [0.05, 0.1) is 12.1 Å². The average Bonchev–Trinajstić information content (AvgIpc) is 3.46. The minimum atomic E-state index is -0.435. The summed E-state index contributed by atoms with van der Waals surface area (Å²) in [5.41, 5.74) is 2.33. The maximum Gasteiger partial charge on any atom is 0.279 e. The van der Waals surface area contributed by atoms with Crippen molar-refractivity contribution in [3.05, 3.63) is 65.8 Å². The molecule has 3 heterocycles. The van der Waals surface area contributed by atoms with Gasteiger partial charge in [0.25, 0.3) is 5.91 Å². The van der Waals surface area contributed by atoms with E-state index >= 15 is 0 Å². The Bertz CT molecular complexity index is 1370. The molecule has 0 spiro atoms. The standard InChI is InChI=1S/C24H24FN7O3/c1-15(33)26-17-5-6-20-21(12-17)28-29-23(20)27-24(34)22-13-19(35-30-22)14-31-7-9-32(10-8-31)18-4-2-3-16(25)11-18/h2-6,11-13H,7-10,14H2,1H3,(H,26,33)(H2,27,28,29,34). The summed E-state index contributed by atoms with van der Waals surface area (Å²) in [6.07, 6.45) is 0. The van der Waals surface area contributed by atoms with Crippen LogP contribution in [0.1, 0.15) is 23.2 Å². The van der Waals surface area contributed by atoms with Crippen molar-refractivity contribution in [3.8, 4) is 0 Å². The lowest BCUT2D eigenvalue weighted by Gasteiger charge is -2.35. The van der Waals surface area contributed by atoms with Crippen molar-refractivity contribution in [2.75, 3.05) is 41.7 Å². The fraction of sp³-hybridized carbons (Fsp3) is 0.250. The number of carbonyl (C=O) groups is 2. The van der Waals surface area contributed by atoms with E-state index in [1.165, 1.54) is 13.0 Å². The molecule has 2 amide bonds. The molecule has 0 radical (unpaired) electrons. The van der Waals surface area contributed by atoms with Gasteiger partial charge in [-0.3, -0.25) is 19.6 Å². The molecule has 2 aromatic carbocycles. The van der Waals surface area contributed by atoms with Gasteiger partial charge in [-0.25, -0.2) is 4.39 Å². The number of hydrogen-bond acceptors (Lipinski definition) is 7. The molecule has 11 heteroatoms. The third kappa shape index (κ3) is 5.14. The molecule has 0 aliphatic carbocycles. The number of nitrogens with zero attached hydrogens (tertiary/aromatic N) is 4. The zero-order valence-electron chi connectivity index (χ0n) is 19.0. The zero-order valence-corrected chi connectivity index (χ0v) is 19.0. The second-order valence-electron chi connectivity index (χ2n) is 8.39. The number of piperazine rings is 1. The number of anilines is 3. The molecule has 5 rings (SSSR count). The molecule has 1 fully saturated rings. The molecule has 10 nitrogen and oxygen atoms in total. The van der Waals surface area contributed by atoms with E-state index in [1.54, 1.807) is 36.4 Å². The molecule has 1 aliphatic rings. The molecule has 0 unspecified atom stereocenters. The number of amides is 2. The van der Waals surface area contributed by atoms with Gasteiger partial charge in [0, 0.05) is 55.9 Å². The van der Waals surface area contributed by atoms with Gasteiger partial charge in [0.15, 0.2) is 17.3 Å². The van der Waals surface area contributed by atoms with E-state index in [2.05, 4.69) is 35.8 Å². The quantitative estimate of drug-likeness (QED) is 0.390. The highest BCUT2D eigenvalue weighted by molar-refractivity contribution is 6.07. The third-order valence-corrected chi connectivity index (χ3v) is 5.83. The van der Waals surface area contributed by atoms with E-state index in [9.17, 15) is 14.0 Å². The van der Waals surface area contributed by atoms with Gasteiger partial charge in [-0.1, -0.05) is 11.2 Å². The van der Waals surface area contributed by atoms with Crippen LogP contribution in [0.5, 0.6) is 0 Å². The number of fused-ring (bicyclic) bond motifs is 1. The smallest absolute Gasteiger partial charge is 0.279 e. The van der Waals surface area contributed by atoms with Crippen LogP contribution in [0, 0.1) is 5.82 Å². The zero-order chi connectivity index (χ0) is 24.4. The first kappa shape index (κ1) is 22.5. The van der Waals surface area contributed by atoms with Crippen LogP contribution >= 0.6 is 0 Å². The lowest BCUT2D eigenvalue weighted by atomic mass is 10.2. The van der Waals surface area contributed by atoms with Crippen molar-refractivity contribution in [2.24, 2.45) is 0 Å². The molecule has 180 valence electrons. The van der Waals surface area contributed by atoms with Crippen LogP contribution in [0.25, 0.3) is 10.9 Å². The summed E-state index contributed by atoms with van der Waals surface area (Å²) in [6.45, 7) is 5.04. The van der Waals surface area contributed by atoms with Crippen LogP contribution in [0.15, 0.2) is 53.1 Å². The number of aromatic amines is 1. The maximum absolute atomic E-state index is 13.5. The minimum Gasteiger partial charge on any atom is -0.369 e. The molecule has 4 aromatic rings. The number of rotatable bonds is 6. The van der Waals surface area contributed by atoms with Crippen LogP contribution < -0.4 is 15.5 Å². The minimum absolute atomic E-state index is 0.157. The van der Waals surface area contributed by atoms with Gasteiger partial charge >= 0.3 is 0 Å². The lowest BCUT2D eigenvalue weighted by Crippen LogP contribution is -2.45. The van der Waals surface area contributed by atoms with Crippen LogP contribution in [-0.4, -0.2) is 58.2 Å². The summed E-state index contributed by atoms with van der Waals surface area (Å²) >= 11 is 0. The molecule has 0 saturated carbocycles. The van der Waals surface area contributed by atoms with E-state index < -0.39 is 5.91 Å². The Morgan fingerprint density at radius 2 is 1.91 bits per heavy atom. The highest BCUT2D eigenvalue weighted by Gasteiger charge is 2.21. The second-order valence-corrected chi connectivity index (χ2v) is 8.39. The summed E-state index contributed by atoms with van der Waals surface area (Å²) in [7, 11) is 0. The molecular weight excluding hydrogens is 453 g/mol. The number of nitrogens with one attached hydrogen (secondary N) is 3.